The Morgan fingerprint density at radius 3 is 2.42 bits per heavy atom. The molecule has 1 aliphatic rings. The van der Waals surface area contributed by atoms with Crippen LogP contribution >= 0.6 is 0 Å². The van der Waals surface area contributed by atoms with Crippen molar-refractivity contribution in [2.45, 2.75) is 53.1 Å². The highest BCUT2D eigenvalue weighted by Crippen LogP contribution is 2.35. The molecular weight excluding hydrogens is 412 g/mol. The van der Waals surface area contributed by atoms with Gasteiger partial charge in [0.05, 0.1) is 7.11 Å². The maximum atomic E-state index is 13.3. The molecule has 0 unspecified atom stereocenters. The van der Waals surface area contributed by atoms with E-state index in [2.05, 4.69) is 25.8 Å². The number of benzene rings is 2. The van der Waals surface area contributed by atoms with Crippen LogP contribution in [0, 0.1) is 24.7 Å². The molecule has 2 aromatic rings. The fraction of sp³-hybridized carbons (Fsp3) is 0.500. The van der Waals surface area contributed by atoms with Gasteiger partial charge in [0.15, 0.2) is 0 Å². The average Bonchev–Trinajstić information content (AvgIpc) is 2.79. The Balaban J connectivity index is 1.88. The number of carbonyl (C=O) groups excluding carboxylic acids is 1. The van der Waals surface area contributed by atoms with Crippen molar-refractivity contribution in [2.75, 3.05) is 25.6 Å². The van der Waals surface area contributed by atoms with Crippen LogP contribution in [-0.4, -0.2) is 38.6 Å². The Kier molecular flexibility index (Phi) is 8.54. The minimum Gasteiger partial charge on any atom is -0.497 e. The summed E-state index contributed by atoms with van der Waals surface area (Å²) < 4.78 is 11.4. The number of anilines is 1. The first-order chi connectivity index (χ1) is 15.8. The summed E-state index contributed by atoms with van der Waals surface area (Å²) in [5.41, 5.74) is 2.94. The molecule has 0 radical (unpaired) electrons. The zero-order valence-electron chi connectivity index (χ0n) is 20.9. The molecule has 33 heavy (non-hydrogen) atoms. The first-order valence-corrected chi connectivity index (χ1v) is 12.0. The van der Waals surface area contributed by atoms with E-state index in [0.717, 1.165) is 41.2 Å². The second-order valence-electron chi connectivity index (χ2n) is 9.50. The van der Waals surface area contributed by atoms with Crippen molar-refractivity contribution in [3.8, 4) is 5.75 Å². The lowest BCUT2D eigenvalue weighted by Crippen LogP contribution is -2.41. The molecule has 1 saturated carbocycles. The molecule has 0 N–H and O–H groups in total. The van der Waals surface area contributed by atoms with Gasteiger partial charge in [0.25, 0.3) is 0 Å². The van der Waals surface area contributed by atoms with Crippen LogP contribution in [0.5, 0.6) is 5.75 Å². The van der Waals surface area contributed by atoms with Gasteiger partial charge in [-0.05, 0) is 73.4 Å². The van der Waals surface area contributed by atoms with E-state index in [1.165, 1.54) is 6.42 Å². The number of nitrogens with zero attached hydrogens (tertiary/aromatic N) is 2. The van der Waals surface area contributed by atoms with Gasteiger partial charge in [0.2, 0.25) is 0 Å². The number of hydrogen-bond donors (Lipinski definition) is 0. The second kappa shape index (κ2) is 11.4. The van der Waals surface area contributed by atoms with Gasteiger partial charge in [-0.2, -0.15) is 0 Å². The normalized spacial score (nSPS) is 21.1. The lowest BCUT2D eigenvalue weighted by molar-refractivity contribution is -0.154. The lowest BCUT2D eigenvalue weighted by Gasteiger charge is -2.37. The van der Waals surface area contributed by atoms with Gasteiger partial charge in [-0.15, -0.1) is 0 Å². The quantitative estimate of drug-likeness (QED) is 0.300. The molecule has 0 heterocycles. The van der Waals surface area contributed by atoms with E-state index in [0.29, 0.717) is 17.8 Å². The fourth-order valence-corrected chi connectivity index (χ4v) is 4.87. The van der Waals surface area contributed by atoms with Gasteiger partial charge >= 0.3 is 5.97 Å². The van der Waals surface area contributed by atoms with E-state index in [1.54, 1.807) is 14.2 Å². The van der Waals surface area contributed by atoms with Gasteiger partial charge in [-0.1, -0.05) is 45.4 Å². The summed E-state index contributed by atoms with van der Waals surface area (Å²) >= 11 is 0. The summed E-state index contributed by atoms with van der Waals surface area (Å²) in [6.45, 7) is 8.87. The highest BCUT2D eigenvalue weighted by atomic mass is 16.5. The van der Waals surface area contributed by atoms with Crippen LogP contribution in [0.15, 0.2) is 53.5 Å². The van der Waals surface area contributed by atoms with E-state index in [9.17, 15) is 4.79 Å². The van der Waals surface area contributed by atoms with Crippen molar-refractivity contribution < 1.29 is 14.3 Å². The number of para-hydroxylation sites is 1. The topological polar surface area (TPSA) is 51.1 Å². The van der Waals surface area contributed by atoms with Gasteiger partial charge < -0.3 is 14.4 Å². The van der Waals surface area contributed by atoms with Crippen LogP contribution in [0.3, 0.4) is 0 Å². The third-order valence-electron chi connectivity index (χ3n) is 6.75. The summed E-state index contributed by atoms with van der Waals surface area (Å²) in [7, 11) is 3.41. The van der Waals surface area contributed by atoms with Gasteiger partial charge in [-0.3, -0.25) is 9.79 Å². The number of aliphatic imine (C=N–C) groups is 1. The summed E-state index contributed by atoms with van der Waals surface area (Å²) in [6, 6.07) is 15.8. The van der Waals surface area contributed by atoms with Crippen LogP contribution in [0.1, 0.15) is 51.2 Å². The predicted molar refractivity (Wildman–Crippen MR) is 135 cm³/mol. The van der Waals surface area contributed by atoms with Gasteiger partial charge in [0, 0.05) is 18.3 Å². The number of esters is 1. The molecule has 1 fully saturated rings. The van der Waals surface area contributed by atoms with Crippen molar-refractivity contribution in [2.24, 2.45) is 22.7 Å². The summed E-state index contributed by atoms with van der Waals surface area (Å²) in [5.74, 6) is 2.78. The van der Waals surface area contributed by atoms with Gasteiger partial charge in [-0.25, -0.2) is 0 Å². The fourth-order valence-electron chi connectivity index (χ4n) is 4.87. The monoisotopic (exact) mass is 450 g/mol. The minimum absolute atomic E-state index is 0.0250. The van der Waals surface area contributed by atoms with Crippen LogP contribution in [0.2, 0.25) is 0 Å². The third-order valence-corrected chi connectivity index (χ3v) is 6.75. The summed E-state index contributed by atoms with van der Waals surface area (Å²) in [5, 5.41) is 0. The Morgan fingerprint density at radius 2 is 1.82 bits per heavy atom. The maximum absolute atomic E-state index is 13.3. The zero-order chi connectivity index (χ0) is 24.0. The lowest BCUT2D eigenvalue weighted by atomic mass is 9.75. The second-order valence-corrected chi connectivity index (χ2v) is 9.50. The molecule has 5 nitrogen and oxygen atoms in total. The van der Waals surface area contributed by atoms with Crippen LogP contribution in [-0.2, 0) is 9.53 Å². The Bertz CT molecular complexity index is 952. The summed E-state index contributed by atoms with van der Waals surface area (Å²) in [6.07, 6.45) is 3.23. The largest absolute Gasteiger partial charge is 0.497 e. The highest BCUT2D eigenvalue weighted by Gasteiger charge is 2.34. The third kappa shape index (κ3) is 6.16. The Morgan fingerprint density at radius 1 is 1.12 bits per heavy atom. The molecule has 3 rings (SSSR count). The molecule has 0 spiro atoms. The van der Waals surface area contributed by atoms with Crippen molar-refractivity contribution in [3.05, 3.63) is 59.7 Å². The number of amidine groups is 1. The van der Waals surface area contributed by atoms with E-state index >= 15 is 0 Å². The smallest absolute Gasteiger partial charge is 0.326 e. The van der Waals surface area contributed by atoms with Crippen molar-refractivity contribution in [1.82, 2.24) is 0 Å². The molecule has 0 aliphatic heterocycles. The molecule has 5 heteroatoms. The van der Waals surface area contributed by atoms with Crippen LogP contribution in [0.4, 0.5) is 5.69 Å². The first-order valence-electron chi connectivity index (χ1n) is 12.0. The zero-order valence-corrected chi connectivity index (χ0v) is 20.9. The molecule has 1 aliphatic carbocycles. The van der Waals surface area contributed by atoms with Crippen molar-refractivity contribution in [1.29, 1.82) is 0 Å². The predicted octanol–water partition coefficient (Wildman–Crippen LogP) is 5.89. The van der Waals surface area contributed by atoms with E-state index < -0.39 is 0 Å². The molecule has 3 atom stereocenters. The molecular formula is C28H38N2O3. The minimum atomic E-state index is -0.210. The Labute approximate surface area is 198 Å². The Hall–Kier alpha value is -2.82. The van der Waals surface area contributed by atoms with E-state index in [-0.39, 0.29) is 18.6 Å². The van der Waals surface area contributed by atoms with Crippen molar-refractivity contribution in [3.63, 3.8) is 0 Å². The number of carbonyl (C=O) groups is 1. The summed E-state index contributed by atoms with van der Waals surface area (Å²) in [4.78, 5) is 19.8. The molecule has 0 amide bonds. The SMILES string of the molecule is C/N=C(\c1ccc(OC)cc1)N(CC(=O)O[C@@H]1C[C@H](C)CC[C@H]1C(C)C)c1ccccc1C. The molecule has 0 saturated heterocycles. The first kappa shape index (κ1) is 24.8. The van der Waals surface area contributed by atoms with E-state index in [4.69, 9.17) is 9.47 Å². The molecule has 2 aromatic carbocycles. The van der Waals surface area contributed by atoms with Crippen LogP contribution < -0.4 is 9.64 Å². The standard InChI is InChI=1S/C28H38N2O3/c1-19(2)24-16-11-20(3)17-26(24)33-27(31)18-30(25-10-8-7-9-21(25)4)28(29-5)22-12-14-23(32-6)15-13-22/h7-10,12-15,19-20,24,26H,11,16-18H2,1-6H3/b29-28+/t20-,24+,26-/m1/s1. The number of hydrogen-bond acceptors (Lipinski definition) is 4. The number of rotatable bonds is 7. The highest BCUT2D eigenvalue weighted by molar-refractivity contribution is 6.12. The average molecular weight is 451 g/mol. The molecule has 0 aromatic heterocycles. The number of methoxy groups -OCH3 is 1. The number of ether oxygens (including phenoxy) is 2. The van der Waals surface area contributed by atoms with Crippen LogP contribution in [0.25, 0.3) is 0 Å². The van der Waals surface area contributed by atoms with Crippen molar-refractivity contribution >= 4 is 17.5 Å². The van der Waals surface area contributed by atoms with E-state index in [1.807, 2.05) is 60.4 Å². The molecule has 178 valence electrons. The number of aryl methyl sites for hydroxylation is 1. The maximum Gasteiger partial charge on any atom is 0.326 e. The molecule has 0 bridgehead atoms. The van der Waals surface area contributed by atoms with Gasteiger partial charge in [0.1, 0.15) is 24.2 Å².